The lowest BCUT2D eigenvalue weighted by Crippen LogP contribution is -2.50. The Morgan fingerprint density at radius 1 is 1.11 bits per heavy atom. The van der Waals surface area contributed by atoms with Crippen LogP contribution in [0.3, 0.4) is 0 Å². The third-order valence-electron chi connectivity index (χ3n) is 5.69. The van der Waals surface area contributed by atoms with E-state index in [0.717, 1.165) is 10.8 Å². The van der Waals surface area contributed by atoms with Gasteiger partial charge >= 0.3 is 17.9 Å². The molecule has 2 aromatic rings. The van der Waals surface area contributed by atoms with E-state index in [1.807, 2.05) is 30.3 Å². The fourth-order valence-corrected chi connectivity index (χ4v) is 4.25. The van der Waals surface area contributed by atoms with Crippen molar-refractivity contribution in [2.45, 2.75) is 18.4 Å². The largest absolute Gasteiger partial charge is 0.481 e. The van der Waals surface area contributed by atoms with Gasteiger partial charge in [0.2, 0.25) is 6.79 Å². The maximum Gasteiger partial charge on any atom is 0.341 e. The fourth-order valence-electron chi connectivity index (χ4n) is 4.25. The van der Waals surface area contributed by atoms with Crippen LogP contribution in [0.4, 0.5) is 0 Å². The summed E-state index contributed by atoms with van der Waals surface area (Å²) in [5, 5.41) is 11.0. The zero-order valence-electron chi connectivity index (χ0n) is 14.5. The molecule has 0 amide bonds. The number of fused-ring (bicyclic) bond motifs is 2. The minimum atomic E-state index is -1.32. The zero-order valence-corrected chi connectivity index (χ0v) is 14.5. The van der Waals surface area contributed by atoms with Crippen LogP contribution in [0.5, 0.6) is 0 Å². The molecule has 140 valence electrons. The van der Waals surface area contributed by atoms with E-state index in [9.17, 15) is 14.4 Å². The Labute approximate surface area is 155 Å². The van der Waals surface area contributed by atoms with Crippen LogP contribution >= 0.6 is 0 Å². The first-order valence-electron chi connectivity index (χ1n) is 8.76. The smallest absolute Gasteiger partial charge is 0.341 e. The standard InChI is InChI=1S/C20H19NO6/c21-20(8-7-14-15(16(14)20)17(22)23)19(25)27-10-26-18(24)13-6-5-11-3-1-2-4-12(11)9-13/h1-6,9,14-16H,7-8,10,21H2,(H,22,23)/t14-,15-,16-,20-/m0/s1. The van der Waals surface area contributed by atoms with Crippen LogP contribution in [0.25, 0.3) is 10.8 Å². The van der Waals surface area contributed by atoms with Crippen molar-refractivity contribution in [2.75, 3.05) is 6.79 Å². The van der Waals surface area contributed by atoms with Gasteiger partial charge in [-0.15, -0.1) is 0 Å². The molecule has 0 bridgehead atoms. The summed E-state index contributed by atoms with van der Waals surface area (Å²) >= 11 is 0. The Morgan fingerprint density at radius 3 is 2.56 bits per heavy atom. The lowest BCUT2D eigenvalue weighted by atomic mass is 9.92. The van der Waals surface area contributed by atoms with Gasteiger partial charge in [-0.3, -0.25) is 4.79 Å². The Kier molecular flexibility index (Phi) is 4.11. The molecule has 0 spiro atoms. The number of nitrogens with two attached hydrogens (primary N) is 1. The van der Waals surface area contributed by atoms with Crippen LogP contribution in [-0.4, -0.2) is 35.3 Å². The van der Waals surface area contributed by atoms with Gasteiger partial charge in [0.1, 0.15) is 5.54 Å². The summed E-state index contributed by atoms with van der Waals surface area (Å²) in [6, 6.07) is 12.7. The molecule has 2 saturated carbocycles. The molecule has 0 aromatic heterocycles. The van der Waals surface area contributed by atoms with Crippen LogP contribution in [0, 0.1) is 17.8 Å². The highest BCUT2D eigenvalue weighted by atomic mass is 16.7. The molecule has 0 aliphatic heterocycles. The first-order valence-corrected chi connectivity index (χ1v) is 8.76. The summed E-state index contributed by atoms with van der Waals surface area (Å²) in [5.41, 5.74) is 5.16. The zero-order chi connectivity index (χ0) is 19.2. The second-order valence-electron chi connectivity index (χ2n) is 7.18. The molecule has 2 aliphatic carbocycles. The Bertz CT molecular complexity index is 941. The number of benzene rings is 2. The van der Waals surface area contributed by atoms with E-state index in [1.165, 1.54) is 0 Å². The molecule has 7 heteroatoms. The topological polar surface area (TPSA) is 116 Å². The normalized spacial score (nSPS) is 28.4. The fraction of sp³-hybridized carbons (Fsp3) is 0.350. The Hall–Kier alpha value is -2.93. The van der Waals surface area contributed by atoms with E-state index in [1.54, 1.807) is 12.1 Å². The van der Waals surface area contributed by atoms with Gasteiger partial charge < -0.3 is 20.3 Å². The molecule has 7 nitrogen and oxygen atoms in total. The van der Waals surface area contributed by atoms with E-state index in [0.29, 0.717) is 18.4 Å². The van der Waals surface area contributed by atoms with Gasteiger partial charge in [0, 0.05) is 5.92 Å². The van der Waals surface area contributed by atoms with Gasteiger partial charge in [0.05, 0.1) is 11.5 Å². The molecule has 27 heavy (non-hydrogen) atoms. The van der Waals surface area contributed by atoms with Crippen molar-refractivity contribution in [1.82, 2.24) is 0 Å². The highest BCUT2D eigenvalue weighted by molar-refractivity contribution is 5.95. The maximum absolute atomic E-state index is 12.3. The van der Waals surface area contributed by atoms with E-state index < -0.39 is 42.1 Å². The second kappa shape index (κ2) is 6.35. The Balaban J connectivity index is 1.34. The molecule has 4 atom stereocenters. The minimum Gasteiger partial charge on any atom is -0.481 e. The quantitative estimate of drug-likeness (QED) is 0.611. The van der Waals surface area contributed by atoms with Gasteiger partial charge in [-0.2, -0.15) is 0 Å². The lowest BCUT2D eigenvalue weighted by molar-refractivity contribution is -0.160. The third-order valence-corrected chi connectivity index (χ3v) is 5.69. The van der Waals surface area contributed by atoms with E-state index >= 15 is 0 Å². The Morgan fingerprint density at radius 2 is 1.85 bits per heavy atom. The third kappa shape index (κ3) is 2.94. The van der Waals surface area contributed by atoms with Crippen LogP contribution in [0.2, 0.25) is 0 Å². The highest BCUT2D eigenvalue weighted by Crippen LogP contribution is 2.61. The highest BCUT2D eigenvalue weighted by Gasteiger charge is 2.70. The maximum atomic E-state index is 12.3. The van der Waals surface area contributed by atoms with Crippen molar-refractivity contribution in [3.63, 3.8) is 0 Å². The number of carbonyl (C=O) groups is 3. The molecule has 0 saturated heterocycles. The van der Waals surface area contributed by atoms with E-state index in [4.69, 9.17) is 20.3 Å². The first-order chi connectivity index (χ1) is 12.9. The van der Waals surface area contributed by atoms with Crippen LogP contribution in [0.1, 0.15) is 23.2 Å². The molecular weight excluding hydrogens is 350 g/mol. The number of carboxylic acid groups (broad SMARTS) is 1. The number of ether oxygens (including phenoxy) is 2. The van der Waals surface area contributed by atoms with Crippen molar-refractivity contribution in [3.8, 4) is 0 Å². The second-order valence-corrected chi connectivity index (χ2v) is 7.18. The number of rotatable bonds is 5. The average Bonchev–Trinajstić information content (AvgIpc) is 3.32. The van der Waals surface area contributed by atoms with Crippen molar-refractivity contribution < 1.29 is 29.0 Å². The minimum absolute atomic E-state index is 0.0693. The van der Waals surface area contributed by atoms with E-state index in [2.05, 4.69) is 0 Å². The summed E-state index contributed by atoms with van der Waals surface area (Å²) in [5.74, 6) is -3.32. The van der Waals surface area contributed by atoms with Crippen LogP contribution in [0.15, 0.2) is 42.5 Å². The predicted octanol–water partition coefficient (Wildman–Crippen LogP) is 1.94. The van der Waals surface area contributed by atoms with Gasteiger partial charge in [-0.05, 0) is 41.7 Å². The summed E-state index contributed by atoms with van der Waals surface area (Å²) in [7, 11) is 0. The molecule has 2 aliphatic rings. The molecule has 0 radical (unpaired) electrons. The number of aliphatic carboxylic acids is 1. The molecule has 0 heterocycles. The van der Waals surface area contributed by atoms with Crippen molar-refractivity contribution in [3.05, 3.63) is 48.0 Å². The van der Waals surface area contributed by atoms with Crippen molar-refractivity contribution >= 4 is 28.7 Å². The number of hydrogen-bond donors (Lipinski definition) is 2. The summed E-state index contributed by atoms with van der Waals surface area (Å²) in [4.78, 5) is 35.7. The summed E-state index contributed by atoms with van der Waals surface area (Å²) < 4.78 is 10.1. The SMILES string of the molecule is N[C@@]1(C(=O)OCOC(=O)c2ccc3ccccc3c2)CC[C@H]2[C@H](C(=O)O)[C@H]21. The first kappa shape index (κ1) is 17.5. The molecule has 3 N–H and O–H groups in total. The molecule has 0 unspecified atom stereocenters. The number of carbonyl (C=O) groups excluding carboxylic acids is 2. The van der Waals surface area contributed by atoms with Crippen LogP contribution < -0.4 is 5.73 Å². The van der Waals surface area contributed by atoms with Crippen molar-refractivity contribution in [1.29, 1.82) is 0 Å². The molecule has 2 fully saturated rings. The molecule has 2 aromatic carbocycles. The number of esters is 2. The molecular formula is C20H19NO6. The van der Waals surface area contributed by atoms with Gasteiger partial charge in [-0.1, -0.05) is 30.3 Å². The van der Waals surface area contributed by atoms with Gasteiger partial charge in [0.25, 0.3) is 0 Å². The van der Waals surface area contributed by atoms with Gasteiger partial charge in [0.15, 0.2) is 0 Å². The monoisotopic (exact) mass is 369 g/mol. The summed E-state index contributed by atoms with van der Waals surface area (Å²) in [6.07, 6.45) is 0.966. The average molecular weight is 369 g/mol. The van der Waals surface area contributed by atoms with Crippen molar-refractivity contribution in [2.24, 2.45) is 23.5 Å². The number of hydrogen-bond acceptors (Lipinski definition) is 6. The lowest BCUT2D eigenvalue weighted by Gasteiger charge is -2.24. The predicted molar refractivity (Wildman–Crippen MR) is 94.6 cm³/mol. The molecule has 4 rings (SSSR count). The van der Waals surface area contributed by atoms with Gasteiger partial charge in [-0.25, -0.2) is 9.59 Å². The number of carboxylic acids is 1. The van der Waals surface area contributed by atoms with E-state index in [-0.39, 0.29) is 5.92 Å². The summed E-state index contributed by atoms with van der Waals surface area (Å²) in [6.45, 7) is -0.557. The van der Waals surface area contributed by atoms with Crippen LogP contribution in [-0.2, 0) is 19.1 Å².